The maximum Gasteiger partial charge on any atom is 0.272 e. The second kappa shape index (κ2) is 7.96. The molecule has 3 heterocycles. The summed E-state index contributed by atoms with van der Waals surface area (Å²) in [6.07, 6.45) is 5.98. The highest BCUT2D eigenvalue weighted by Crippen LogP contribution is 2.23. The van der Waals surface area contributed by atoms with E-state index in [1.54, 1.807) is 13.1 Å². The van der Waals surface area contributed by atoms with Gasteiger partial charge in [-0.25, -0.2) is 8.42 Å². The van der Waals surface area contributed by atoms with Gasteiger partial charge in [-0.15, -0.1) is 0 Å². The van der Waals surface area contributed by atoms with E-state index in [0.717, 1.165) is 32.2 Å². The predicted octanol–water partition coefficient (Wildman–Crippen LogP) is 1.75. The van der Waals surface area contributed by atoms with E-state index < -0.39 is 9.84 Å². The van der Waals surface area contributed by atoms with Crippen LogP contribution in [0.1, 0.15) is 59.9 Å². The van der Waals surface area contributed by atoms with E-state index in [9.17, 15) is 18.0 Å². The summed E-state index contributed by atoms with van der Waals surface area (Å²) in [5.74, 6) is -0.324. The van der Waals surface area contributed by atoms with Crippen LogP contribution in [-0.2, 0) is 9.84 Å². The van der Waals surface area contributed by atoms with E-state index in [4.69, 9.17) is 0 Å². The quantitative estimate of drug-likeness (QED) is 0.778. The first-order valence-corrected chi connectivity index (χ1v) is 11.4. The monoisotopic (exact) mass is 393 g/mol. The maximum atomic E-state index is 12.9. The van der Waals surface area contributed by atoms with Gasteiger partial charge in [-0.2, -0.15) is 0 Å². The topological polar surface area (TPSA) is 87.7 Å². The zero-order valence-corrected chi connectivity index (χ0v) is 16.7. The van der Waals surface area contributed by atoms with E-state index in [-0.39, 0.29) is 41.1 Å². The number of nitrogens with zero attached hydrogens (tertiary/aromatic N) is 3. The summed E-state index contributed by atoms with van der Waals surface area (Å²) in [7, 11) is -1.48. The number of carbonyl (C=O) groups is 2. The third kappa shape index (κ3) is 4.31. The maximum absolute atomic E-state index is 12.9. The molecule has 2 aliphatic heterocycles. The lowest BCUT2D eigenvalue weighted by atomic mass is 9.99. The molecule has 8 heteroatoms. The average molecular weight is 394 g/mol. The zero-order valence-electron chi connectivity index (χ0n) is 15.9. The second-order valence-corrected chi connectivity index (χ2v) is 9.69. The number of aromatic nitrogens is 1. The fourth-order valence-corrected chi connectivity index (χ4v) is 5.74. The number of amides is 2. The van der Waals surface area contributed by atoms with Gasteiger partial charge in [-0.1, -0.05) is 6.92 Å². The molecule has 0 aromatic carbocycles. The van der Waals surface area contributed by atoms with E-state index in [1.165, 1.54) is 17.2 Å². The summed E-state index contributed by atoms with van der Waals surface area (Å²) in [5.41, 5.74) is 0.638. The SMILES string of the molecule is CCC1CCCCN1C(=O)c1ccnc(C(=O)N(C)C2CCS(=O)(=O)C2)c1. The van der Waals surface area contributed by atoms with Crippen LogP contribution in [0, 0.1) is 0 Å². The van der Waals surface area contributed by atoms with E-state index in [2.05, 4.69) is 11.9 Å². The van der Waals surface area contributed by atoms with Crippen molar-refractivity contribution < 1.29 is 18.0 Å². The Hall–Kier alpha value is -1.96. The highest BCUT2D eigenvalue weighted by molar-refractivity contribution is 7.91. The molecule has 148 valence electrons. The first-order valence-electron chi connectivity index (χ1n) is 9.57. The Morgan fingerprint density at radius 1 is 1.30 bits per heavy atom. The number of hydrogen-bond donors (Lipinski definition) is 0. The van der Waals surface area contributed by atoms with Crippen LogP contribution in [0.4, 0.5) is 0 Å². The highest BCUT2D eigenvalue weighted by atomic mass is 32.2. The molecule has 0 saturated carbocycles. The molecule has 0 radical (unpaired) electrons. The van der Waals surface area contributed by atoms with E-state index >= 15 is 0 Å². The van der Waals surface area contributed by atoms with Gasteiger partial charge < -0.3 is 9.80 Å². The first-order chi connectivity index (χ1) is 12.8. The number of rotatable bonds is 4. The van der Waals surface area contributed by atoms with Crippen molar-refractivity contribution >= 4 is 21.7 Å². The van der Waals surface area contributed by atoms with Crippen LogP contribution in [0.15, 0.2) is 18.3 Å². The molecule has 7 nitrogen and oxygen atoms in total. The van der Waals surface area contributed by atoms with Crippen LogP contribution < -0.4 is 0 Å². The molecule has 2 atom stereocenters. The van der Waals surface area contributed by atoms with Crippen molar-refractivity contribution in [3.63, 3.8) is 0 Å². The Labute approximate surface area is 160 Å². The molecule has 27 heavy (non-hydrogen) atoms. The molecule has 1 aromatic heterocycles. The summed E-state index contributed by atoms with van der Waals surface area (Å²) in [5, 5.41) is 0. The Bertz CT molecular complexity index is 824. The van der Waals surface area contributed by atoms with Gasteiger partial charge in [0.1, 0.15) is 5.69 Å². The minimum absolute atomic E-state index is 0.0141. The van der Waals surface area contributed by atoms with Crippen LogP contribution in [0.25, 0.3) is 0 Å². The van der Waals surface area contributed by atoms with Crippen molar-refractivity contribution in [1.29, 1.82) is 0 Å². The van der Waals surface area contributed by atoms with Crippen LogP contribution >= 0.6 is 0 Å². The number of likely N-dealkylation sites (tertiary alicyclic amines) is 1. The van der Waals surface area contributed by atoms with Crippen molar-refractivity contribution in [1.82, 2.24) is 14.8 Å². The van der Waals surface area contributed by atoms with Gasteiger partial charge in [-0.3, -0.25) is 14.6 Å². The van der Waals surface area contributed by atoms with Gasteiger partial charge in [0.25, 0.3) is 11.8 Å². The predicted molar refractivity (Wildman–Crippen MR) is 102 cm³/mol. The summed E-state index contributed by atoms with van der Waals surface area (Å²) in [6, 6.07) is 3.08. The minimum Gasteiger partial charge on any atom is -0.336 e. The van der Waals surface area contributed by atoms with Crippen molar-refractivity contribution in [3.05, 3.63) is 29.6 Å². The molecule has 2 aliphatic rings. The standard InChI is InChI=1S/C19H27N3O4S/c1-3-15-6-4-5-10-22(15)18(23)14-7-9-20-17(12-14)19(24)21(2)16-8-11-27(25,26)13-16/h7,9,12,15-16H,3-6,8,10-11,13H2,1-2H3. The zero-order chi connectivity index (χ0) is 19.6. The number of piperidine rings is 1. The van der Waals surface area contributed by atoms with Crippen molar-refractivity contribution in [3.8, 4) is 0 Å². The number of carbonyl (C=O) groups excluding carboxylic acids is 2. The lowest BCUT2D eigenvalue weighted by molar-refractivity contribution is 0.0608. The molecule has 2 saturated heterocycles. The van der Waals surface area contributed by atoms with Gasteiger partial charge in [0.15, 0.2) is 9.84 Å². The molecule has 2 unspecified atom stereocenters. The number of pyridine rings is 1. The summed E-state index contributed by atoms with van der Waals surface area (Å²) in [6.45, 7) is 2.82. The number of sulfone groups is 1. The first kappa shape index (κ1) is 19.8. The largest absolute Gasteiger partial charge is 0.336 e. The van der Waals surface area contributed by atoms with Crippen LogP contribution in [0.5, 0.6) is 0 Å². The van der Waals surface area contributed by atoms with Crippen molar-refractivity contribution in [2.75, 3.05) is 25.1 Å². The Morgan fingerprint density at radius 2 is 2.07 bits per heavy atom. The lowest BCUT2D eigenvalue weighted by Gasteiger charge is -2.35. The highest BCUT2D eigenvalue weighted by Gasteiger charge is 2.34. The van der Waals surface area contributed by atoms with Gasteiger partial charge in [-0.05, 0) is 44.2 Å². The fraction of sp³-hybridized carbons (Fsp3) is 0.632. The second-order valence-electron chi connectivity index (χ2n) is 7.46. The third-order valence-corrected chi connectivity index (χ3v) is 7.41. The molecular formula is C19H27N3O4S. The minimum atomic E-state index is -3.08. The summed E-state index contributed by atoms with van der Waals surface area (Å²) < 4.78 is 23.4. The van der Waals surface area contributed by atoms with Crippen LogP contribution in [-0.4, -0.2) is 72.2 Å². The van der Waals surface area contributed by atoms with E-state index in [1.807, 2.05) is 4.90 Å². The summed E-state index contributed by atoms with van der Waals surface area (Å²) >= 11 is 0. The lowest BCUT2D eigenvalue weighted by Crippen LogP contribution is -2.43. The molecular weight excluding hydrogens is 366 g/mol. The Balaban J connectivity index is 1.76. The molecule has 1 aromatic rings. The van der Waals surface area contributed by atoms with Crippen molar-refractivity contribution in [2.24, 2.45) is 0 Å². The summed E-state index contributed by atoms with van der Waals surface area (Å²) in [4.78, 5) is 33.2. The van der Waals surface area contributed by atoms with Gasteiger partial charge in [0, 0.05) is 37.4 Å². The Morgan fingerprint density at radius 3 is 2.74 bits per heavy atom. The molecule has 0 N–H and O–H groups in total. The van der Waals surface area contributed by atoms with Crippen molar-refractivity contribution in [2.45, 2.75) is 51.1 Å². The van der Waals surface area contributed by atoms with E-state index in [0.29, 0.717) is 12.0 Å². The van der Waals surface area contributed by atoms with Crippen LogP contribution in [0.3, 0.4) is 0 Å². The fourth-order valence-electron chi connectivity index (χ4n) is 3.97. The molecule has 3 rings (SSSR count). The molecule has 2 amide bonds. The smallest absolute Gasteiger partial charge is 0.272 e. The van der Waals surface area contributed by atoms with Gasteiger partial charge in [0.05, 0.1) is 11.5 Å². The molecule has 2 fully saturated rings. The normalized spacial score (nSPS) is 24.6. The third-order valence-electron chi connectivity index (χ3n) is 5.66. The van der Waals surface area contributed by atoms with Gasteiger partial charge >= 0.3 is 0 Å². The molecule has 0 bridgehead atoms. The Kier molecular flexibility index (Phi) is 5.83. The van der Waals surface area contributed by atoms with Gasteiger partial charge in [0.2, 0.25) is 0 Å². The molecule has 0 spiro atoms. The molecule has 0 aliphatic carbocycles. The number of hydrogen-bond acceptors (Lipinski definition) is 5. The average Bonchev–Trinajstić information content (AvgIpc) is 3.06. The van der Waals surface area contributed by atoms with Crippen LogP contribution in [0.2, 0.25) is 0 Å².